The topological polar surface area (TPSA) is 46.6 Å². The molecule has 0 radical (unpaired) electrons. The maximum atomic E-state index is 12.3. The van der Waals surface area contributed by atoms with Gasteiger partial charge in [0.2, 0.25) is 5.91 Å². The molecule has 1 aliphatic rings. The van der Waals surface area contributed by atoms with Crippen LogP contribution in [-0.2, 0) is 14.3 Å². The smallest absolute Gasteiger partial charge is 0.307 e. The number of nitrogens with zero attached hydrogens (tertiary/aromatic N) is 1. The van der Waals surface area contributed by atoms with Crippen molar-refractivity contribution in [3.63, 3.8) is 0 Å². The molecule has 1 heterocycles. The number of β-lactam (4-membered cyclic amide) rings is 1. The van der Waals surface area contributed by atoms with E-state index in [1.54, 1.807) is 4.90 Å². The van der Waals surface area contributed by atoms with E-state index in [4.69, 9.17) is 4.74 Å². The largest absolute Gasteiger partial charge is 0.444 e. The number of ether oxygens (including phenoxy) is 1. The van der Waals surface area contributed by atoms with E-state index < -0.39 is 5.41 Å². The van der Waals surface area contributed by atoms with Crippen LogP contribution in [0.3, 0.4) is 0 Å². The first-order valence-corrected chi connectivity index (χ1v) is 8.00. The Balaban J connectivity index is 1.95. The summed E-state index contributed by atoms with van der Waals surface area (Å²) in [5, 5.41) is 0. The number of unbranched alkanes of at least 4 members (excludes halogenated alkanes) is 2. The Morgan fingerprint density at radius 1 is 1.23 bits per heavy atom. The van der Waals surface area contributed by atoms with Crippen molar-refractivity contribution in [1.82, 2.24) is 4.90 Å². The number of esters is 1. The Kier molecular flexibility index (Phi) is 5.22. The van der Waals surface area contributed by atoms with Gasteiger partial charge in [0.05, 0.1) is 11.5 Å². The molecule has 1 aliphatic heterocycles. The van der Waals surface area contributed by atoms with E-state index in [1.165, 1.54) is 0 Å². The minimum absolute atomic E-state index is 0.0303. The Labute approximate surface area is 132 Å². The molecule has 0 aromatic heterocycles. The van der Waals surface area contributed by atoms with Gasteiger partial charge in [-0.1, -0.05) is 50.1 Å². The molecular weight excluding hydrogens is 278 g/mol. The van der Waals surface area contributed by atoms with Crippen molar-refractivity contribution >= 4 is 11.9 Å². The second-order valence-electron chi connectivity index (χ2n) is 6.41. The monoisotopic (exact) mass is 303 g/mol. The Morgan fingerprint density at radius 2 is 1.91 bits per heavy atom. The first-order chi connectivity index (χ1) is 10.5. The quantitative estimate of drug-likeness (QED) is 0.438. The van der Waals surface area contributed by atoms with Gasteiger partial charge >= 0.3 is 5.97 Å². The zero-order chi connectivity index (χ0) is 16.2. The lowest BCUT2D eigenvalue weighted by Crippen LogP contribution is -2.61. The highest BCUT2D eigenvalue weighted by molar-refractivity contribution is 5.90. The van der Waals surface area contributed by atoms with Crippen molar-refractivity contribution in [2.45, 2.75) is 52.5 Å². The molecule has 4 heteroatoms. The molecule has 2 rings (SSSR count). The predicted molar refractivity (Wildman–Crippen MR) is 84.9 cm³/mol. The number of carbonyl (C=O) groups is 2. The van der Waals surface area contributed by atoms with Crippen LogP contribution >= 0.6 is 0 Å². The number of amides is 1. The number of hydrogen-bond acceptors (Lipinski definition) is 3. The average Bonchev–Trinajstić information content (AvgIpc) is 2.51. The van der Waals surface area contributed by atoms with Gasteiger partial charge in [-0.05, 0) is 25.8 Å². The molecule has 1 saturated heterocycles. The second kappa shape index (κ2) is 6.95. The van der Waals surface area contributed by atoms with Crippen molar-refractivity contribution < 1.29 is 14.3 Å². The average molecular weight is 303 g/mol. The summed E-state index contributed by atoms with van der Waals surface area (Å²) in [5.74, 6) is -0.194. The Morgan fingerprint density at radius 3 is 2.55 bits per heavy atom. The number of rotatable bonds is 7. The van der Waals surface area contributed by atoms with E-state index in [2.05, 4.69) is 6.92 Å². The van der Waals surface area contributed by atoms with Crippen LogP contribution in [0.1, 0.15) is 58.1 Å². The third-order valence-electron chi connectivity index (χ3n) is 4.27. The molecule has 1 fully saturated rings. The number of likely N-dealkylation sites (tertiary alicyclic amines) is 1. The van der Waals surface area contributed by atoms with Crippen molar-refractivity contribution in [3.05, 3.63) is 35.9 Å². The molecule has 4 nitrogen and oxygen atoms in total. The van der Waals surface area contributed by atoms with Crippen LogP contribution in [0.2, 0.25) is 0 Å². The highest BCUT2D eigenvalue weighted by atomic mass is 16.5. The SMILES string of the molecule is CCCCCC(=O)OCN1C(=O)C(C)(C)[C@H]1c1ccccc1. The molecule has 1 aromatic rings. The van der Waals surface area contributed by atoms with Crippen molar-refractivity contribution in [2.75, 3.05) is 6.73 Å². The van der Waals surface area contributed by atoms with E-state index in [1.807, 2.05) is 44.2 Å². The maximum Gasteiger partial charge on any atom is 0.307 e. The molecule has 0 saturated carbocycles. The lowest BCUT2D eigenvalue weighted by atomic mass is 9.71. The van der Waals surface area contributed by atoms with E-state index in [0.29, 0.717) is 6.42 Å². The molecule has 0 bridgehead atoms. The zero-order valence-electron chi connectivity index (χ0n) is 13.7. The van der Waals surface area contributed by atoms with Crippen LogP contribution in [0.25, 0.3) is 0 Å². The fourth-order valence-corrected chi connectivity index (χ4v) is 3.03. The Hall–Kier alpha value is -1.84. The van der Waals surface area contributed by atoms with Gasteiger partial charge in [-0.15, -0.1) is 0 Å². The molecule has 1 aromatic carbocycles. The lowest BCUT2D eigenvalue weighted by Gasteiger charge is -2.52. The van der Waals surface area contributed by atoms with E-state index in [0.717, 1.165) is 24.8 Å². The molecule has 22 heavy (non-hydrogen) atoms. The van der Waals surface area contributed by atoms with Gasteiger partial charge < -0.3 is 9.64 Å². The third kappa shape index (κ3) is 3.32. The Bertz CT molecular complexity index is 524. The summed E-state index contributed by atoms with van der Waals surface area (Å²) in [6.45, 7) is 6.02. The second-order valence-corrected chi connectivity index (χ2v) is 6.41. The van der Waals surface area contributed by atoms with Gasteiger partial charge in [0, 0.05) is 6.42 Å². The molecule has 0 aliphatic carbocycles. The maximum absolute atomic E-state index is 12.3. The number of hydrogen-bond donors (Lipinski definition) is 0. The molecular formula is C18H25NO3. The first-order valence-electron chi connectivity index (χ1n) is 8.00. The van der Waals surface area contributed by atoms with Gasteiger partial charge in [0.25, 0.3) is 0 Å². The highest BCUT2D eigenvalue weighted by Crippen LogP contribution is 2.49. The summed E-state index contributed by atoms with van der Waals surface area (Å²) in [6.07, 6.45) is 3.37. The zero-order valence-corrected chi connectivity index (χ0v) is 13.7. The molecule has 0 spiro atoms. The summed E-state index contributed by atoms with van der Waals surface area (Å²) in [6, 6.07) is 9.86. The van der Waals surface area contributed by atoms with E-state index >= 15 is 0 Å². The summed E-state index contributed by atoms with van der Waals surface area (Å²) < 4.78 is 5.27. The van der Waals surface area contributed by atoms with Gasteiger partial charge in [-0.3, -0.25) is 9.59 Å². The minimum atomic E-state index is -0.448. The summed E-state index contributed by atoms with van der Waals surface area (Å²) in [7, 11) is 0. The van der Waals surface area contributed by atoms with Gasteiger partial charge in [-0.25, -0.2) is 0 Å². The van der Waals surface area contributed by atoms with Crippen LogP contribution in [0.4, 0.5) is 0 Å². The van der Waals surface area contributed by atoms with Crippen molar-refractivity contribution in [2.24, 2.45) is 5.41 Å². The fourth-order valence-electron chi connectivity index (χ4n) is 3.03. The first kappa shape index (κ1) is 16.5. The standard InChI is InChI=1S/C18H25NO3/c1-4-5-7-12-15(20)22-13-19-16(18(2,3)17(19)21)14-10-8-6-9-11-14/h6,8-11,16H,4-5,7,12-13H2,1-3H3/t16-/m1/s1. The normalized spacial score (nSPS) is 19.7. The molecule has 0 unspecified atom stereocenters. The molecule has 1 atom stereocenters. The molecule has 120 valence electrons. The fraction of sp³-hybridized carbons (Fsp3) is 0.556. The van der Waals surface area contributed by atoms with Crippen LogP contribution in [-0.4, -0.2) is 23.5 Å². The summed E-state index contributed by atoms with van der Waals surface area (Å²) in [4.78, 5) is 25.6. The number of carbonyl (C=O) groups excluding carboxylic acids is 2. The van der Waals surface area contributed by atoms with Crippen LogP contribution in [0.15, 0.2) is 30.3 Å². The van der Waals surface area contributed by atoms with Gasteiger partial charge in [-0.2, -0.15) is 0 Å². The van der Waals surface area contributed by atoms with Crippen LogP contribution in [0.5, 0.6) is 0 Å². The summed E-state index contributed by atoms with van der Waals surface area (Å²) >= 11 is 0. The third-order valence-corrected chi connectivity index (χ3v) is 4.27. The molecule has 0 N–H and O–H groups in total. The number of benzene rings is 1. The van der Waals surface area contributed by atoms with Crippen LogP contribution < -0.4 is 0 Å². The minimum Gasteiger partial charge on any atom is -0.444 e. The van der Waals surface area contributed by atoms with Gasteiger partial charge in [0.15, 0.2) is 6.73 Å². The van der Waals surface area contributed by atoms with Crippen LogP contribution in [0, 0.1) is 5.41 Å². The van der Waals surface area contributed by atoms with E-state index in [-0.39, 0.29) is 24.6 Å². The van der Waals surface area contributed by atoms with Gasteiger partial charge in [0.1, 0.15) is 0 Å². The molecule has 1 amide bonds. The van der Waals surface area contributed by atoms with Crippen molar-refractivity contribution in [3.8, 4) is 0 Å². The highest BCUT2D eigenvalue weighted by Gasteiger charge is 2.54. The summed E-state index contributed by atoms with van der Waals surface area (Å²) in [5.41, 5.74) is 0.629. The van der Waals surface area contributed by atoms with Crippen molar-refractivity contribution in [1.29, 1.82) is 0 Å². The predicted octanol–water partition coefficient (Wildman–Crippen LogP) is 3.68. The lowest BCUT2D eigenvalue weighted by molar-refractivity contribution is -0.184. The van der Waals surface area contributed by atoms with E-state index in [9.17, 15) is 9.59 Å².